The number of nitrogens with zero attached hydrogens (tertiary/aromatic N) is 1. The minimum Gasteiger partial charge on any atom is -0.508 e. The van der Waals surface area contributed by atoms with Crippen LogP contribution in [0.5, 0.6) is 5.75 Å². The smallest absolute Gasteiger partial charge is 0.273 e. The van der Waals surface area contributed by atoms with E-state index < -0.39 is 10.0 Å². The molecule has 8 heteroatoms. The second-order valence-corrected chi connectivity index (χ2v) is 7.06. The number of aryl methyl sites for hydroxylation is 1. The Morgan fingerprint density at radius 2 is 2.17 bits per heavy atom. The summed E-state index contributed by atoms with van der Waals surface area (Å²) < 4.78 is 26.5. The van der Waals surface area contributed by atoms with Gasteiger partial charge in [-0.3, -0.25) is 4.72 Å². The zero-order valence-electron chi connectivity index (χ0n) is 9.21. The number of hydrogen-bond acceptors (Lipinski definition) is 5. The molecule has 0 unspecified atom stereocenters. The van der Waals surface area contributed by atoms with Gasteiger partial charge in [-0.15, -0.1) is 0 Å². The first-order chi connectivity index (χ1) is 8.38. The number of phenolic OH excluding ortho intramolecular Hbond substituents is 1. The van der Waals surface area contributed by atoms with Crippen LogP contribution in [0.1, 0.15) is 5.56 Å². The van der Waals surface area contributed by atoms with Crippen LogP contribution >= 0.6 is 22.9 Å². The Balaban J connectivity index is 2.30. The molecule has 0 bridgehead atoms. The fraction of sp³-hybridized carbons (Fsp3) is 0.100. The summed E-state index contributed by atoms with van der Waals surface area (Å²) in [5.74, 6) is 0.110. The number of rotatable bonds is 3. The van der Waals surface area contributed by atoms with Crippen molar-refractivity contribution in [3.8, 4) is 5.75 Å². The summed E-state index contributed by atoms with van der Waals surface area (Å²) in [6, 6.07) is 4.44. The number of halogens is 1. The van der Waals surface area contributed by atoms with Gasteiger partial charge in [0.15, 0.2) is 8.68 Å². The number of aromatic nitrogens is 1. The molecule has 0 aliphatic heterocycles. The van der Waals surface area contributed by atoms with Gasteiger partial charge >= 0.3 is 0 Å². The Labute approximate surface area is 113 Å². The van der Waals surface area contributed by atoms with Gasteiger partial charge in [-0.1, -0.05) is 22.9 Å². The van der Waals surface area contributed by atoms with Crippen LogP contribution in [-0.4, -0.2) is 18.5 Å². The molecule has 0 spiro atoms. The van der Waals surface area contributed by atoms with Crippen LogP contribution in [0.2, 0.25) is 4.47 Å². The number of benzene rings is 1. The maximum absolute atomic E-state index is 11.9. The topological polar surface area (TPSA) is 79.3 Å². The molecule has 0 radical (unpaired) electrons. The fourth-order valence-corrected chi connectivity index (χ4v) is 3.63. The Morgan fingerprint density at radius 1 is 1.44 bits per heavy atom. The summed E-state index contributed by atoms with van der Waals surface area (Å²) in [5, 5.41) is 9.36. The molecular weight excluding hydrogens is 296 g/mol. The number of thiazole rings is 1. The Bertz CT molecular complexity index is 682. The molecule has 96 valence electrons. The maximum Gasteiger partial charge on any atom is 0.273 e. The first kappa shape index (κ1) is 13.1. The lowest BCUT2D eigenvalue weighted by Crippen LogP contribution is -2.11. The summed E-state index contributed by atoms with van der Waals surface area (Å²) in [7, 11) is -3.68. The van der Waals surface area contributed by atoms with Gasteiger partial charge < -0.3 is 5.11 Å². The molecule has 1 aromatic carbocycles. The Morgan fingerprint density at radius 3 is 2.72 bits per heavy atom. The number of nitrogens with one attached hydrogen (secondary N) is 1. The van der Waals surface area contributed by atoms with Gasteiger partial charge in [0.05, 0.1) is 6.20 Å². The lowest BCUT2D eigenvalue weighted by molar-refractivity contribution is 0.471. The van der Waals surface area contributed by atoms with E-state index in [4.69, 9.17) is 11.6 Å². The lowest BCUT2D eigenvalue weighted by atomic mass is 10.2. The summed E-state index contributed by atoms with van der Waals surface area (Å²) in [5.41, 5.74) is 0.951. The second-order valence-electron chi connectivity index (χ2n) is 3.54. The number of hydrogen-bond donors (Lipinski definition) is 2. The monoisotopic (exact) mass is 304 g/mol. The minimum absolute atomic E-state index is 0.0400. The van der Waals surface area contributed by atoms with E-state index in [1.165, 1.54) is 24.4 Å². The van der Waals surface area contributed by atoms with Crippen LogP contribution in [0.4, 0.5) is 5.69 Å². The van der Waals surface area contributed by atoms with Crippen LogP contribution in [0, 0.1) is 6.92 Å². The average molecular weight is 305 g/mol. The predicted octanol–water partition coefficient (Wildman–Crippen LogP) is 2.61. The van der Waals surface area contributed by atoms with E-state index in [9.17, 15) is 13.5 Å². The van der Waals surface area contributed by atoms with Crippen molar-refractivity contribution in [2.75, 3.05) is 4.72 Å². The SMILES string of the molecule is Cc1cc(NS(=O)(=O)c2cnc(Cl)s2)ccc1O. The number of sulfonamides is 1. The van der Waals surface area contributed by atoms with Crippen LogP contribution in [0.3, 0.4) is 0 Å². The maximum atomic E-state index is 11.9. The molecular formula is C10H9ClN2O3S2. The van der Waals surface area contributed by atoms with Crippen molar-refractivity contribution in [2.45, 2.75) is 11.1 Å². The minimum atomic E-state index is -3.68. The highest BCUT2D eigenvalue weighted by molar-refractivity contribution is 7.94. The van der Waals surface area contributed by atoms with E-state index in [1.54, 1.807) is 6.92 Å². The van der Waals surface area contributed by atoms with Gasteiger partial charge in [0, 0.05) is 5.69 Å². The molecule has 0 saturated carbocycles. The van der Waals surface area contributed by atoms with Gasteiger partial charge in [-0.25, -0.2) is 13.4 Å². The van der Waals surface area contributed by atoms with E-state index in [0.717, 1.165) is 11.3 Å². The van der Waals surface area contributed by atoms with Crippen LogP contribution < -0.4 is 4.72 Å². The molecule has 0 amide bonds. The number of anilines is 1. The molecule has 0 fully saturated rings. The first-order valence-electron chi connectivity index (χ1n) is 4.82. The largest absolute Gasteiger partial charge is 0.508 e. The van der Waals surface area contributed by atoms with Crippen molar-refractivity contribution < 1.29 is 13.5 Å². The average Bonchev–Trinajstić information content (AvgIpc) is 2.71. The highest BCUT2D eigenvalue weighted by Gasteiger charge is 2.17. The lowest BCUT2D eigenvalue weighted by Gasteiger charge is -2.07. The number of aromatic hydroxyl groups is 1. The molecule has 0 saturated heterocycles. The van der Waals surface area contributed by atoms with Gasteiger partial charge in [-0.05, 0) is 30.7 Å². The quantitative estimate of drug-likeness (QED) is 0.854. The van der Waals surface area contributed by atoms with Crippen molar-refractivity contribution in [1.82, 2.24) is 4.98 Å². The van der Waals surface area contributed by atoms with E-state index in [2.05, 4.69) is 9.71 Å². The van der Waals surface area contributed by atoms with Crippen molar-refractivity contribution in [3.63, 3.8) is 0 Å². The summed E-state index contributed by atoms with van der Waals surface area (Å²) in [6.07, 6.45) is 1.20. The zero-order valence-corrected chi connectivity index (χ0v) is 11.6. The molecule has 18 heavy (non-hydrogen) atoms. The van der Waals surface area contributed by atoms with Gasteiger partial charge in [0.25, 0.3) is 10.0 Å². The van der Waals surface area contributed by atoms with Gasteiger partial charge in [0.1, 0.15) is 5.75 Å². The highest BCUT2D eigenvalue weighted by atomic mass is 35.5. The molecule has 0 aliphatic carbocycles. The third-order valence-corrected chi connectivity index (χ3v) is 5.13. The fourth-order valence-electron chi connectivity index (χ4n) is 1.29. The van der Waals surface area contributed by atoms with E-state index in [0.29, 0.717) is 11.3 Å². The summed E-state index contributed by atoms with van der Waals surface area (Å²) >= 11 is 6.47. The van der Waals surface area contributed by atoms with Crippen molar-refractivity contribution in [3.05, 3.63) is 34.4 Å². The first-order valence-corrected chi connectivity index (χ1v) is 7.50. The van der Waals surface area contributed by atoms with E-state index in [1.807, 2.05) is 0 Å². The second kappa shape index (κ2) is 4.75. The van der Waals surface area contributed by atoms with Crippen molar-refractivity contribution in [2.24, 2.45) is 0 Å². The summed E-state index contributed by atoms with van der Waals surface area (Å²) in [6.45, 7) is 1.68. The van der Waals surface area contributed by atoms with Gasteiger partial charge in [0.2, 0.25) is 0 Å². The summed E-state index contributed by atoms with van der Waals surface area (Å²) in [4.78, 5) is 3.68. The highest BCUT2D eigenvalue weighted by Crippen LogP contribution is 2.26. The molecule has 2 aromatic rings. The number of phenols is 1. The van der Waals surface area contributed by atoms with Crippen molar-refractivity contribution in [1.29, 1.82) is 0 Å². The van der Waals surface area contributed by atoms with Crippen LogP contribution in [-0.2, 0) is 10.0 Å². The molecule has 2 rings (SSSR count). The normalized spacial score (nSPS) is 11.4. The third-order valence-electron chi connectivity index (χ3n) is 2.17. The van der Waals surface area contributed by atoms with Crippen molar-refractivity contribution >= 4 is 38.6 Å². The molecule has 1 aromatic heterocycles. The standard InChI is InChI=1S/C10H9ClN2O3S2/c1-6-4-7(2-3-8(6)14)13-18(15,16)9-5-12-10(11)17-9/h2-5,13-14H,1H3. The Kier molecular flexibility index (Phi) is 3.47. The van der Waals surface area contributed by atoms with E-state index in [-0.39, 0.29) is 14.4 Å². The Hall–Kier alpha value is -1.31. The van der Waals surface area contributed by atoms with Crippen LogP contribution in [0.15, 0.2) is 28.6 Å². The zero-order chi connectivity index (χ0) is 13.3. The molecule has 1 heterocycles. The molecule has 2 N–H and O–H groups in total. The third kappa shape index (κ3) is 2.74. The molecule has 0 atom stereocenters. The van der Waals surface area contributed by atoms with Crippen LogP contribution in [0.25, 0.3) is 0 Å². The molecule has 0 aliphatic rings. The molecule has 5 nitrogen and oxygen atoms in total. The predicted molar refractivity (Wildman–Crippen MR) is 70.8 cm³/mol. The van der Waals surface area contributed by atoms with Gasteiger partial charge in [-0.2, -0.15) is 0 Å². The van der Waals surface area contributed by atoms with E-state index >= 15 is 0 Å².